The van der Waals surface area contributed by atoms with E-state index in [9.17, 15) is 4.79 Å². The minimum atomic E-state index is -0.450. The van der Waals surface area contributed by atoms with E-state index in [0.29, 0.717) is 17.9 Å². The summed E-state index contributed by atoms with van der Waals surface area (Å²) in [6, 6.07) is 9.26. The lowest BCUT2D eigenvalue weighted by Crippen LogP contribution is -2.19. The van der Waals surface area contributed by atoms with Crippen molar-refractivity contribution in [3.63, 3.8) is 0 Å². The number of hydrogen-bond acceptors (Lipinski definition) is 4. The van der Waals surface area contributed by atoms with Crippen LogP contribution in [0.3, 0.4) is 0 Å². The molecule has 2 rings (SSSR count). The van der Waals surface area contributed by atoms with Gasteiger partial charge in [0, 0.05) is 18.0 Å². The van der Waals surface area contributed by atoms with Crippen molar-refractivity contribution in [2.45, 2.75) is 19.4 Å². The summed E-state index contributed by atoms with van der Waals surface area (Å²) >= 11 is 0. The standard InChI is InChI=1S/C14H18N4O/c1-9(15)6-7-17-13-8-11(14(16)19)10-4-2-3-5-12(10)18-13/h2-5,8-9H,6-7,15H2,1H3,(H2,16,19)(H,17,18). The number of nitrogens with two attached hydrogens (primary N) is 2. The van der Waals surface area contributed by atoms with Gasteiger partial charge in [0.15, 0.2) is 0 Å². The van der Waals surface area contributed by atoms with Crippen LogP contribution in [0.25, 0.3) is 10.9 Å². The van der Waals surface area contributed by atoms with E-state index in [-0.39, 0.29) is 6.04 Å². The zero-order valence-corrected chi connectivity index (χ0v) is 10.9. The number of carbonyl (C=O) groups excluding carboxylic acids is 1. The predicted octanol–water partition coefficient (Wildman–Crippen LogP) is 1.48. The maximum absolute atomic E-state index is 11.5. The summed E-state index contributed by atoms with van der Waals surface area (Å²) < 4.78 is 0. The average molecular weight is 258 g/mol. The fraction of sp³-hybridized carbons (Fsp3) is 0.286. The van der Waals surface area contributed by atoms with E-state index in [4.69, 9.17) is 11.5 Å². The van der Waals surface area contributed by atoms with Crippen molar-refractivity contribution in [2.75, 3.05) is 11.9 Å². The lowest BCUT2D eigenvalue weighted by molar-refractivity contribution is 0.100. The number of carbonyl (C=O) groups is 1. The Bertz CT molecular complexity index is 595. The number of hydrogen-bond donors (Lipinski definition) is 3. The number of rotatable bonds is 5. The Balaban J connectivity index is 2.33. The van der Waals surface area contributed by atoms with Gasteiger partial charge in [0.25, 0.3) is 0 Å². The minimum Gasteiger partial charge on any atom is -0.370 e. The van der Waals surface area contributed by atoms with Crippen molar-refractivity contribution in [2.24, 2.45) is 11.5 Å². The zero-order chi connectivity index (χ0) is 13.8. The maximum Gasteiger partial charge on any atom is 0.249 e. The lowest BCUT2D eigenvalue weighted by atomic mass is 10.1. The van der Waals surface area contributed by atoms with Gasteiger partial charge in [0.05, 0.1) is 11.1 Å². The van der Waals surface area contributed by atoms with Crippen molar-refractivity contribution in [3.8, 4) is 0 Å². The first-order valence-electron chi connectivity index (χ1n) is 6.27. The highest BCUT2D eigenvalue weighted by Crippen LogP contribution is 2.20. The van der Waals surface area contributed by atoms with Gasteiger partial charge in [-0.25, -0.2) is 4.98 Å². The number of aromatic nitrogens is 1. The molecule has 5 heteroatoms. The van der Waals surface area contributed by atoms with Crippen molar-refractivity contribution in [3.05, 3.63) is 35.9 Å². The molecule has 0 bridgehead atoms. The molecule has 19 heavy (non-hydrogen) atoms. The molecule has 1 aromatic carbocycles. The molecule has 5 N–H and O–H groups in total. The van der Waals surface area contributed by atoms with E-state index >= 15 is 0 Å². The fourth-order valence-electron chi connectivity index (χ4n) is 1.90. The highest BCUT2D eigenvalue weighted by molar-refractivity contribution is 6.06. The van der Waals surface area contributed by atoms with Gasteiger partial charge in [0.2, 0.25) is 5.91 Å². The van der Waals surface area contributed by atoms with Crippen LogP contribution in [0.1, 0.15) is 23.7 Å². The van der Waals surface area contributed by atoms with Crippen molar-refractivity contribution >= 4 is 22.6 Å². The number of para-hydroxylation sites is 1. The van der Waals surface area contributed by atoms with Crippen molar-refractivity contribution in [1.82, 2.24) is 4.98 Å². The van der Waals surface area contributed by atoms with Crippen LogP contribution in [-0.4, -0.2) is 23.5 Å². The summed E-state index contributed by atoms with van der Waals surface area (Å²) in [7, 11) is 0. The second-order valence-electron chi connectivity index (χ2n) is 4.63. The third-order valence-corrected chi connectivity index (χ3v) is 2.89. The molecule has 1 unspecified atom stereocenters. The van der Waals surface area contributed by atoms with Crippen LogP contribution in [0, 0.1) is 0 Å². The van der Waals surface area contributed by atoms with E-state index in [1.165, 1.54) is 0 Å². The van der Waals surface area contributed by atoms with E-state index < -0.39 is 5.91 Å². The summed E-state index contributed by atoms with van der Waals surface area (Å²) in [5, 5.41) is 3.94. The molecule has 0 fully saturated rings. The lowest BCUT2D eigenvalue weighted by Gasteiger charge is -2.10. The number of amides is 1. The molecule has 0 aliphatic heterocycles. The molecular weight excluding hydrogens is 240 g/mol. The molecular formula is C14H18N4O. The third-order valence-electron chi connectivity index (χ3n) is 2.89. The summed E-state index contributed by atoms with van der Waals surface area (Å²) in [6.45, 7) is 2.66. The van der Waals surface area contributed by atoms with Gasteiger partial charge in [-0.2, -0.15) is 0 Å². The summed E-state index contributed by atoms with van der Waals surface area (Å²) in [6.07, 6.45) is 0.834. The average Bonchev–Trinajstić information content (AvgIpc) is 2.37. The fourth-order valence-corrected chi connectivity index (χ4v) is 1.90. The molecule has 0 aliphatic rings. The summed E-state index contributed by atoms with van der Waals surface area (Å²) in [4.78, 5) is 16.0. The van der Waals surface area contributed by atoms with Crippen LogP contribution in [0.5, 0.6) is 0 Å². The normalized spacial score (nSPS) is 12.3. The molecule has 0 radical (unpaired) electrons. The Kier molecular flexibility index (Phi) is 3.97. The molecule has 1 heterocycles. The number of fused-ring (bicyclic) bond motifs is 1. The first-order chi connectivity index (χ1) is 9.08. The van der Waals surface area contributed by atoms with Crippen LogP contribution in [0.4, 0.5) is 5.82 Å². The van der Waals surface area contributed by atoms with Crippen LogP contribution >= 0.6 is 0 Å². The number of nitrogens with zero attached hydrogens (tertiary/aromatic N) is 1. The second-order valence-corrected chi connectivity index (χ2v) is 4.63. The van der Waals surface area contributed by atoms with E-state index in [1.807, 2.05) is 31.2 Å². The molecule has 0 spiro atoms. The van der Waals surface area contributed by atoms with Gasteiger partial charge >= 0.3 is 0 Å². The van der Waals surface area contributed by atoms with Gasteiger partial charge in [0.1, 0.15) is 5.82 Å². The number of primary amides is 1. The Morgan fingerprint density at radius 3 is 2.84 bits per heavy atom. The SMILES string of the molecule is CC(N)CCNc1cc(C(N)=O)c2ccccc2n1. The highest BCUT2D eigenvalue weighted by atomic mass is 16.1. The second kappa shape index (κ2) is 5.67. The Hall–Kier alpha value is -2.14. The van der Waals surface area contributed by atoms with Crippen LogP contribution < -0.4 is 16.8 Å². The van der Waals surface area contributed by atoms with Gasteiger partial charge in [-0.3, -0.25) is 4.79 Å². The van der Waals surface area contributed by atoms with Gasteiger partial charge in [-0.1, -0.05) is 18.2 Å². The van der Waals surface area contributed by atoms with Crippen LogP contribution in [0.15, 0.2) is 30.3 Å². The number of pyridine rings is 1. The van der Waals surface area contributed by atoms with Crippen molar-refractivity contribution < 1.29 is 4.79 Å². The first kappa shape index (κ1) is 13.3. The van der Waals surface area contributed by atoms with Crippen LogP contribution in [0.2, 0.25) is 0 Å². The molecule has 1 amide bonds. The number of anilines is 1. The van der Waals surface area contributed by atoms with E-state index in [1.54, 1.807) is 6.07 Å². The smallest absolute Gasteiger partial charge is 0.249 e. The molecule has 0 aliphatic carbocycles. The molecule has 2 aromatic rings. The Morgan fingerprint density at radius 2 is 2.16 bits per heavy atom. The monoisotopic (exact) mass is 258 g/mol. The molecule has 0 saturated heterocycles. The van der Waals surface area contributed by atoms with Crippen molar-refractivity contribution in [1.29, 1.82) is 0 Å². The Morgan fingerprint density at radius 1 is 1.42 bits per heavy atom. The van der Waals surface area contributed by atoms with Gasteiger partial charge < -0.3 is 16.8 Å². The molecule has 0 saturated carbocycles. The topological polar surface area (TPSA) is 94.0 Å². The zero-order valence-electron chi connectivity index (χ0n) is 10.9. The van der Waals surface area contributed by atoms with Gasteiger partial charge in [-0.05, 0) is 25.5 Å². The maximum atomic E-state index is 11.5. The number of nitrogens with one attached hydrogen (secondary N) is 1. The molecule has 1 atom stereocenters. The highest BCUT2D eigenvalue weighted by Gasteiger charge is 2.09. The van der Waals surface area contributed by atoms with Crippen LogP contribution in [-0.2, 0) is 0 Å². The summed E-state index contributed by atoms with van der Waals surface area (Å²) in [5.74, 6) is 0.196. The Labute approximate surface area is 112 Å². The molecule has 100 valence electrons. The number of benzene rings is 1. The quantitative estimate of drug-likeness (QED) is 0.757. The summed E-state index contributed by atoms with van der Waals surface area (Å²) in [5.41, 5.74) is 12.3. The van der Waals surface area contributed by atoms with E-state index in [2.05, 4.69) is 10.3 Å². The molecule has 1 aromatic heterocycles. The molecule has 5 nitrogen and oxygen atoms in total. The first-order valence-corrected chi connectivity index (χ1v) is 6.27. The third kappa shape index (κ3) is 3.20. The largest absolute Gasteiger partial charge is 0.370 e. The van der Waals surface area contributed by atoms with E-state index in [0.717, 1.165) is 17.3 Å². The van der Waals surface area contributed by atoms with Gasteiger partial charge in [-0.15, -0.1) is 0 Å². The minimum absolute atomic E-state index is 0.128. The predicted molar refractivity (Wildman–Crippen MR) is 77.0 cm³/mol.